The fourth-order valence-corrected chi connectivity index (χ4v) is 2.29. The maximum Gasteiger partial charge on any atom is 0.0398 e. The zero-order valence-corrected chi connectivity index (χ0v) is 9.50. The first-order valence-corrected chi connectivity index (χ1v) is 5.89. The molecule has 0 unspecified atom stereocenters. The second-order valence-electron chi connectivity index (χ2n) is 4.18. The summed E-state index contributed by atoms with van der Waals surface area (Å²) in [5.41, 5.74) is 2.98. The van der Waals surface area contributed by atoms with Crippen molar-refractivity contribution in [2.24, 2.45) is 0 Å². The van der Waals surface area contributed by atoms with Gasteiger partial charge in [-0.15, -0.1) is 0 Å². The van der Waals surface area contributed by atoms with Gasteiger partial charge in [0, 0.05) is 18.8 Å². The van der Waals surface area contributed by atoms with E-state index < -0.39 is 0 Å². The molecule has 0 atom stereocenters. The van der Waals surface area contributed by atoms with E-state index in [0.717, 1.165) is 6.54 Å². The molecule has 0 fully saturated rings. The van der Waals surface area contributed by atoms with Crippen LogP contribution in [0.2, 0.25) is 0 Å². The summed E-state index contributed by atoms with van der Waals surface area (Å²) in [4.78, 5) is 2.52. The summed E-state index contributed by atoms with van der Waals surface area (Å²) in [5, 5.41) is 3.20. The summed E-state index contributed by atoms with van der Waals surface area (Å²) in [7, 11) is 2.02. The highest BCUT2D eigenvalue weighted by atomic mass is 15.1. The van der Waals surface area contributed by atoms with Gasteiger partial charge in [-0.3, -0.25) is 0 Å². The minimum absolute atomic E-state index is 1.11. The highest BCUT2D eigenvalue weighted by molar-refractivity contribution is 5.55. The van der Waals surface area contributed by atoms with Crippen molar-refractivity contribution >= 4 is 5.69 Å². The summed E-state index contributed by atoms with van der Waals surface area (Å²) in [5.74, 6) is 0. The standard InChI is InChI=1S/C13H20N2/c1-14-9-5-11-15-10-4-7-12-6-2-3-8-13(12)15/h2-3,6,8,14H,4-5,7,9-11H2,1H3. The van der Waals surface area contributed by atoms with Crippen molar-refractivity contribution in [3.8, 4) is 0 Å². The Morgan fingerprint density at radius 3 is 3.07 bits per heavy atom. The van der Waals surface area contributed by atoms with Gasteiger partial charge in [0.05, 0.1) is 0 Å². The first kappa shape index (κ1) is 10.5. The molecule has 1 heterocycles. The van der Waals surface area contributed by atoms with Gasteiger partial charge in [-0.05, 0) is 44.5 Å². The Bertz CT molecular complexity index is 309. The average Bonchev–Trinajstić information content (AvgIpc) is 2.30. The Labute approximate surface area is 92.3 Å². The number of nitrogens with one attached hydrogen (secondary N) is 1. The van der Waals surface area contributed by atoms with Gasteiger partial charge in [0.15, 0.2) is 0 Å². The van der Waals surface area contributed by atoms with Crippen molar-refractivity contribution in [3.63, 3.8) is 0 Å². The molecule has 15 heavy (non-hydrogen) atoms. The quantitative estimate of drug-likeness (QED) is 0.755. The highest BCUT2D eigenvalue weighted by Gasteiger charge is 2.14. The minimum Gasteiger partial charge on any atom is -0.371 e. The van der Waals surface area contributed by atoms with E-state index in [4.69, 9.17) is 0 Å². The zero-order chi connectivity index (χ0) is 10.5. The van der Waals surface area contributed by atoms with E-state index in [1.807, 2.05) is 7.05 Å². The van der Waals surface area contributed by atoms with Crippen LogP contribution in [0, 0.1) is 0 Å². The van der Waals surface area contributed by atoms with Crippen molar-refractivity contribution in [2.75, 3.05) is 31.6 Å². The molecule has 0 spiro atoms. The van der Waals surface area contributed by atoms with E-state index in [1.165, 1.54) is 43.6 Å². The van der Waals surface area contributed by atoms with Gasteiger partial charge in [0.2, 0.25) is 0 Å². The number of benzene rings is 1. The smallest absolute Gasteiger partial charge is 0.0398 e. The van der Waals surface area contributed by atoms with Gasteiger partial charge in [0.1, 0.15) is 0 Å². The Morgan fingerprint density at radius 1 is 1.33 bits per heavy atom. The van der Waals surface area contributed by atoms with Crippen LogP contribution in [0.1, 0.15) is 18.4 Å². The molecule has 0 aromatic heterocycles. The predicted molar refractivity (Wildman–Crippen MR) is 65.5 cm³/mol. The molecule has 0 amide bonds. The van der Waals surface area contributed by atoms with Gasteiger partial charge < -0.3 is 10.2 Å². The molecular formula is C13H20N2. The zero-order valence-electron chi connectivity index (χ0n) is 9.50. The van der Waals surface area contributed by atoms with Crippen LogP contribution in [-0.4, -0.2) is 26.7 Å². The SMILES string of the molecule is CNCCCN1CCCc2ccccc21. The highest BCUT2D eigenvalue weighted by Crippen LogP contribution is 2.26. The number of fused-ring (bicyclic) bond motifs is 1. The van der Waals surface area contributed by atoms with Crippen LogP contribution in [0.25, 0.3) is 0 Å². The van der Waals surface area contributed by atoms with Crippen molar-refractivity contribution in [3.05, 3.63) is 29.8 Å². The van der Waals surface area contributed by atoms with E-state index >= 15 is 0 Å². The fraction of sp³-hybridized carbons (Fsp3) is 0.538. The van der Waals surface area contributed by atoms with Crippen LogP contribution < -0.4 is 10.2 Å². The molecule has 0 saturated heterocycles. The molecule has 1 aromatic carbocycles. The number of hydrogen-bond donors (Lipinski definition) is 1. The lowest BCUT2D eigenvalue weighted by atomic mass is 10.0. The van der Waals surface area contributed by atoms with Gasteiger partial charge in [-0.2, -0.15) is 0 Å². The summed E-state index contributed by atoms with van der Waals surface area (Å²) in [6.07, 6.45) is 3.78. The lowest BCUT2D eigenvalue weighted by molar-refractivity contribution is 0.644. The van der Waals surface area contributed by atoms with Gasteiger partial charge in [0.25, 0.3) is 0 Å². The Hall–Kier alpha value is -1.02. The number of rotatable bonds is 4. The first-order valence-electron chi connectivity index (χ1n) is 5.89. The van der Waals surface area contributed by atoms with Crippen LogP contribution in [-0.2, 0) is 6.42 Å². The maximum absolute atomic E-state index is 3.20. The van der Waals surface area contributed by atoms with Crippen LogP contribution in [0.4, 0.5) is 5.69 Å². The lowest BCUT2D eigenvalue weighted by Crippen LogP contribution is -2.31. The molecule has 1 aromatic rings. The second kappa shape index (κ2) is 5.17. The van der Waals surface area contributed by atoms with Crippen molar-refractivity contribution in [1.82, 2.24) is 5.32 Å². The van der Waals surface area contributed by atoms with E-state index in [-0.39, 0.29) is 0 Å². The molecule has 0 radical (unpaired) electrons. The van der Waals surface area contributed by atoms with Gasteiger partial charge >= 0.3 is 0 Å². The molecule has 82 valence electrons. The van der Waals surface area contributed by atoms with Crippen LogP contribution in [0.5, 0.6) is 0 Å². The Kier molecular flexibility index (Phi) is 3.62. The third-order valence-corrected chi connectivity index (χ3v) is 3.06. The molecule has 2 rings (SSSR count). The molecular weight excluding hydrogens is 184 g/mol. The number of hydrogen-bond acceptors (Lipinski definition) is 2. The Balaban J connectivity index is 2.02. The van der Waals surface area contributed by atoms with E-state index in [2.05, 4.69) is 34.5 Å². The maximum atomic E-state index is 3.20. The predicted octanol–water partition coefficient (Wildman–Crippen LogP) is 2.05. The van der Waals surface area contributed by atoms with Crippen LogP contribution in [0.15, 0.2) is 24.3 Å². The van der Waals surface area contributed by atoms with E-state index in [9.17, 15) is 0 Å². The Morgan fingerprint density at radius 2 is 2.20 bits per heavy atom. The molecule has 1 N–H and O–H groups in total. The van der Waals surface area contributed by atoms with Crippen molar-refractivity contribution in [1.29, 1.82) is 0 Å². The minimum atomic E-state index is 1.11. The average molecular weight is 204 g/mol. The largest absolute Gasteiger partial charge is 0.371 e. The van der Waals surface area contributed by atoms with Crippen molar-refractivity contribution in [2.45, 2.75) is 19.3 Å². The van der Waals surface area contributed by atoms with Crippen LogP contribution >= 0.6 is 0 Å². The fourth-order valence-electron chi connectivity index (χ4n) is 2.29. The molecule has 0 aliphatic carbocycles. The number of anilines is 1. The number of nitrogens with zero attached hydrogens (tertiary/aromatic N) is 1. The first-order chi connectivity index (χ1) is 7.42. The van der Waals surface area contributed by atoms with Gasteiger partial charge in [-0.25, -0.2) is 0 Å². The molecule has 0 saturated carbocycles. The second-order valence-corrected chi connectivity index (χ2v) is 4.18. The third-order valence-electron chi connectivity index (χ3n) is 3.06. The third kappa shape index (κ3) is 2.51. The molecule has 1 aliphatic heterocycles. The monoisotopic (exact) mass is 204 g/mol. The van der Waals surface area contributed by atoms with E-state index in [1.54, 1.807) is 0 Å². The number of aryl methyl sites for hydroxylation is 1. The van der Waals surface area contributed by atoms with Crippen molar-refractivity contribution < 1.29 is 0 Å². The summed E-state index contributed by atoms with van der Waals surface area (Å²) in [6.45, 7) is 3.51. The summed E-state index contributed by atoms with van der Waals surface area (Å²) < 4.78 is 0. The van der Waals surface area contributed by atoms with Crippen LogP contribution in [0.3, 0.4) is 0 Å². The van der Waals surface area contributed by atoms with E-state index in [0.29, 0.717) is 0 Å². The lowest BCUT2D eigenvalue weighted by Gasteiger charge is -2.31. The summed E-state index contributed by atoms with van der Waals surface area (Å²) >= 11 is 0. The topological polar surface area (TPSA) is 15.3 Å². The molecule has 1 aliphatic rings. The normalized spacial score (nSPS) is 15.1. The number of para-hydroxylation sites is 1. The molecule has 2 heteroatoms. The summed E-state index contributed by atoms with van der Waals surface area (Å²) in [6, 6.07) is 8.82. The molecule has 0 bridgehead atoms. The molecule has 2 nitrogen and oxygen atoms in total. The van der Waals surface area contributed by atoms with Gasteiger partial charge in [-0.1, -0.05) is 18.2 Å².